The Bertz CT molecular complexity index is 859. The van der Waals surface area contributed by atoms with E-state index in [-0.39, 0.29) is 0 Å². The molecule has 0 aliphatic heterocycles. The zero-order valence-corrected chi connectivity index (χ0v) is 14.1. The average molecular weight is 340 g/mol. The summed E-state index contributed by atoms with van der Waals surface area (Å²) in [5, 5.41) is 0. The first kappa shape index (κ1) is 17.3. The quantitative estimate of drug-likeness (QED) is 0.474. The summed E-state index contributed by atoms with van der Waals surface area (Å²) in [4.78, 5) is 0. The molecule has 0 bridgehead atoms. The van der Waals surface area contributed by atoms with Crippen molar-refractivity contribution in [3.8, 4) is 22.3 Å². The van der Waals surface area contributed by atoms with E-state index in [1.54, 1.807) is 0 Å². The van der Waals surface area contributed by atoms with Crippen LogP contribution in [0, 0.1) is 0 Å². The molecule has 0 aliphatic carbocycles. The molecule has 0 nitrogen and oxygen atoms in total. The van der Waals surface area contributed by atoms with Gasteiger partial charge in [-0.15, -0.1) is 0 Å². The minimum absolute atomic E-state index is 0.415. The molecule has 0 unspecified atom stereocenters. The molecule has 0 heterocycles. The Balaban J connectivity index is 2.06. The first-order valence-corrected chi connectivity index (χ1v) is 8.23. The molecular formula is C22H19F3. The fraction of sp³-hybridized carbons (Fsp3) is 0.182. The summed E-state index contributed by atoms with van der Waals surface area (Å²) in [5.41, 5.74) is 4.40. The van der Waals surface area contributed by atoms with Crippen LogP contribution in [0.5, 0.6) is 0 Å². The highest BCUT2D eigenvalue weighted by molar-refractivity contribution is 5.83. The topological polar surface area (TPSA) is 0 Å². The summed E-state index contributed by atoms with van der Waals surface area (Å²) >= 11 is 0. The molecule has 0 spiro atoms. The van der Waals surface area contributed by atoms with Crippen molar-refractivity contribution in [2.45, 2.75) is 25.9 Å². The lowest BCUT2D eigenvalue weighted by Gasteiger charge is -2.13. The minimum atomic E-state index is -4.32. The van der Waals surface area contributed by atoms with Crippen LogP contribution >= 0.6 is 0 Å². The summed E-state index contributed by atoms with van der Waals surface area (Å²) in [6.07, 6.45) is -4.32. The van der Waals surface area contributed by atoms with Crippen LogP contribution in [-0.4, -0.2) is 0 Å². The first-order valence-electron chi connectivity index (χ1n) is 8.23. The van der Waals surface area contributed by atoms with Gasteiger partial charge in [0.15, 0.2) is 0 Å². The van der Waals surface area contributed by atoms with Crippen LogP contribution in [-0.2, 0) is 6.18 Å². The molecule has 0 atom stereocenters. The van der Waals surface area contributed by atoms with E-state index in [1.165, 1.54) is 17.7 Å². The standard InChI is InChI=1S/C22H19F3/c1-15(2)17-6-5-7-18(14-17)21-9-4-3-8-20(21)16-10-12-19(13-11-16)22(23,24)25/h3-15H,1-2H3. The van der Waals surface area contributed by atoms with E-state index in [1.807, 2.05) is 36.4 Å². The molecule has 128 valence electrons. The molecule has 0 N–H and O–H groups in total. The smallest absolute Gasteiger partial charge is 0.166 e. The zero-order chi connectivity index (χ0) is 18.0. The molecule has 0 radical (unpaired) electrons. The van der Waals surface area contributed by atoms with E-state index in [2.05, 4.69) is 26.0 Å². The second-order valence-corrected chi connectivity index (χ2v) is 6.40. The van der Waals surface area contributed by atoms with Crippen LogP contribution in [0.4, 0.5) is 13.2 Å². The maximum atomic E-state index is 12.8. The summed E-state index contributed by atoms with van der Waals surface area (Å²) in [6, 6.07) is 21.4. The minimum Gasteiger partial charge on any atom is -0.166 e. The van der Waals surface area contributed by atoms with Crippen LogP contribution < -0.4 is 0 Å². The van der Waals surface area contributed by atoms with Gasteiger partial charge in [0, 0.05) is 0 Å². The molecular weight excluding hydrogens is 321 g/mol. The van der Waals surface area contributed by atoms with Crippen molar-refractivity contribution in [2.24, 2.45) is 0 Å². The molecule has 0 saturated heterocycles. The van der Waals surface area contributed by atoms with E-state index in [4.69, 9.17) is 0 Å². The number of benzene rings is 3. The molecule has 0 amide bonds. The second kappa shape index (κ2) is 6.75. The van der Waals surface area contributed by atoms with E-state index < -0.39 is 11.7 Å². The normalized spacial score (nSPS) is 11.8. The highest BCUT2D eigenvalue weighted by Gasteiger charge is 2.30. The van der Waals surface area contributed by atoms with Crippen molar-refractivity contribution in [1.82, 2.24) is 0 Å². The van der Waals surface area contributed by atoms with E-state index >= 15 is 0 Å². The Labute approximate surface area is 146 Å². The van der Waals surface area contributed by atoms with Crippen molar-refractivity contribution in [2.75, 3.05) is 0 Å². The number of halogens is 3. The second-order valence-electron chi connectivity index (χ2n) is 6.40. The number of hydrogen-bond donors (Lipinski definition) is 0. The van der Waals surface area contributed by atoms with Gasteiger partial charge in [-0.1, -0.05) is 74.5 Å². The Hall–Kier alpha value is -2.55. The Morgan fingerprint density at radius 1 is 0.680 bits per heavy atom. The van der Waals surface area contributed by atoms with Crippen molar-refractivity contribution in [3.05, 3.63) is 83.9 Å². The number of alkyl halides is 3. The van der Waals surface area contributed by atoms with Gasteiger partial charge in [-0.05, 0) is 45.9 Å². The van der Waals surface area contributed by atoms with Crippen LogP contribution in [0.15, 0.2) is 72.8 Å². The van der Waals surface area contributed by atoms with Crippen LogP contribution in [0.3, 0.4) is 0 Å². The number of rotatable bonds is 3. The van der Waals surface area contributed by atoms with Crippen molar-refractivity contribution >= 4 is 0 Å². The van der Waals surface area contributed by atoms with Crippen LogP contribution in [0.25, 0.3) is 22.3 Å². The van der Waals surface area contributed by atoms with Crippen molar-refractivity contribution in [1.29, 1.82) is 0 Å². The van der Waals surface area contributed by atoms with Gasteiger partial charge in [0.25, 0.3) is 0 Å². The van der Waals surface area contributed by atoms with E-state index in [0.717, 1.165) is 34.4 Å². The largest absolute Gasteiger partial charge is 0.416 e. The zero-order valence-electron chi connectivity index (χ0n) is 14.1. The van der Waals surface area contributed by atoms with Gasteiger partial charge >= 0.3 is 6.18 Å². The monoisotopic (exact) mass is 340 g/mol. The molecule has 0 saturated carbocycles. The van der Waals surface area contributed by atoms with Crippen LogP contribution in [0.2, 0.25) is 0 Å². The van der Waals surface area contributed by atoms with Gasteiger partial charge < -0.3 is 0 Å². The third-order valence-corrected chi connectivity index (χ3v) is 4.31. The molecule has 3 aromatic rings. The molecule has 0 aliphatic rings. The summed E-state index contributed by atoms with van der Waals surface area (Å²) < 4.78 is 38.4. The third kappa shape index (κ3) is 3.76. The Kier molecular flexibility index (Phi) is 4.67. The molecule has 0 fully saturated rings. The van der Waals surface area contributed by atoms with Gasteiger partial charge in [-0.3, -0.25) is 0 Å². The third-order valence-electron chi connectivity index (χ3n) is 4.31. The first-order chi connectivity index (χ1) is 11.9. The van der Waals surface area contributed by atoms with Gasteiger partial charge in [0.2, 0.25) is 0 Å². The lowest BCUT2D eigenvalue weighted by Crippen LogP contribution is -2.04. The maximum Gasteiger partial charge on any atom is 0.416 e. The highest BCUT2D eigenvalue weighted by atomic mass is 19.4. The average Bonchev–Trinajstić information content (AvgIpc) is 2.61. The van der Waals surface area contributed by atoms with Gasteiger partial charge in [0.05, 0.1) is 5.56 Å². The molecule has 3 aromatic carbocycles. The summed E-state index contributed by atoms with van der Waals surface area (Å²) in [6.45, 7) is 4.28. The molecule has 3 rings (SSSR count). The SMILES string of the molecule is CC(C)c1cccc(-c2ccccc2-c2ccc(C(F)(F)F)cc2)c1. The summed E-state index contributed by atoms with van der Waals surface area (Å²) in [5.74, 6) is 0.415. The maximum absolute atomic E-state index is 12.8. The predicted octanol–water partition coefficient (Wildman–Crippen LogP) is 7.16. The van der Waals surface area contributed by atoms with Gasteiger partial charge in [0.1, 0.15) is 0 Å². The van der Waals surface area contributed by atoms with Gasteiger partial charge in [-0.2, -0.15) is 13.2 Å². The lowest BCUT2D eigenvalue weighted by molar-refractivity contribution is -0.137. The Morgan fingerprint density at radius 3 is 1.84 bits per heavy atom. The van der Waals surface area contributed by atoms with Crippen molar-refractivity contribution in [3.63, 3.8) is 0 Å². The Morgan fingerprint density at radius 2 is 1.28 bits per heavy atom. The van der Waals surface area contributed by atoms with Crippen molar-refractivity contribution < 1.29 is 13.2 Å². The predicted molar refractivity (Wildman–Crippen MR) is 96.4 cm³/mol. The van der Waals surface area contributed by atoms with Gasteiger partial charge in [-0.25, -0.2) is 0 Å². The highest BCUT2D eigenvalue weighted by Crippen LogP contribution is 2.35. The van der Waals surface area contributed by atoms with Crippen LogP contribution in [0.1, 0.15) is 30.9 Å². The number of hydrogen-bond acceptors (Lipinski definition) is 0. The van der Waals surface area contributed by atoms with E-state index in [9.17, 15) is 13.2 Å². The fourth-order valence-corrected chi connectivity index (χ4v) is 2.89. The molecule has 0 aromatic heterocycles. The molecule has 3 heteroatoms. The fourth-order valence-electron chi connectivity index (χ4n) is 2.89. The molecule has 25 heavy (non-hydrogen) atoms. The van der Waals surface area contributed by atoms with E-state index in [0.29, 0.717) is 5.92 Å². The lowest BCUT2D eigenvalue weighted by atomic mass is 9.92. The summed E-state index contributed by atoms with van der Waals surface area (Å²) in [7, 11) is 0.